The van der Waals surface area contributed by atoms with Crippen LogP contribution in [0.2, 0.25) is 0 Å². The SMILES string of the molecule is O=C(Nc1nc2c(s1)CCCC2)[C@H]1Cc2ccccc2S1. The number of nitrogens with zero attached hydrogens (tertiary/aromatic N) is 1. The average Bonchev–Trinajstić information content (AvgIpc) is 3.10. The number of carbonyl (C=O) groups is 1. The van der Waals surface area contributed by atoms with Gasteiger partial charge in [0.25, 0.3) is 0 Å². The van der Waals surface area contributed by atoms with Crippen LogP contribution in [-0.4, -0.2) is 16.1 Å². The lowest BCUT2D eigenvalue weighted by Gasteiger charge is -2.07. The Hall–Kier alpha value is -1.33. The smallest absolute Gasteiger partial charge is 0.239 e. The number of aryl methyl sites for hydroxylation is 2. The number of nitrogens with one attached hydrogen (secondary N) is 1. The fourth-order valence-corrected chi connectivity index (χ4v) is 5.17. The maximum atomic E-state index is 12.4. The fourth-order valence-electron chi connectivity index (χ4n) is 2.92. The van der Waals surface area contributed by atoms with Gasteiger partial charge in [0.1, 0.15) is 0 Å². The molecule has 21 heavy (non-hydrogen) atoms. The van der Waals surface area contributed by atoms with Gasteiger partial charge in [-0.15, -0.1) is 23.1 Å². The fraction of sp³-hybridized carbons (Fsp3) is 0.375. The van der Waals surface area contributed by atoms with Gasteiger partial charge in [-0.3, -0.25) is 4.79 Å². The first kappa shape index (κ1) is 13.3. The molecule has 1 aromatic carbocycles. The zero-order valence-electron chi connectivity index (χ0n) is 11.6. The third-order valence-electron chi connectivity index (χ3n) is 4.02. The molecule has 5 heteroatoms. The molecule has 0 fully saturated rings. The number of thiazole rings is 1. The largest absolute Gasteiger partial charge is 0.301 e. The van der Waals surface area contributed by atoms with Crippen molar-refractivity contribution in [2.75, 3.05) is 5.32 Å². The third kappa shape index (κ3) is 2.60. The van der Waals surface area contributed by atoms with Crippen LogP contribution in [0.15, 0.2) is 29.2 Å². The maximum Gasteiger partial charge on any atom is 0.239 e. The van der Waals surface area contributed by atoms with Crippen LogP contribution in [0.5, 0.6) is 0 Å². The zero-order chi connectivity index (χ0) is 14.2. The molecule has 0 saturated heterocycles. The van der Waals surface area contributed by atoms with Gasteiger partial charge in [-0.2, -0.15) is 0 Å². The number of rotatable bonds is 2. The molecule has 0 spiro atoms. The van der Waals surface area contributed by atoms with Gasteiger partial charge in [0.05, 0.1) is 10.9 Å². The van der Waals surface area contributed by atoms with E-state index in [1.807, 2.05) is 12.1 Å². The van der Waals surface area contributed by atoms with E-state index in [-0.39, 0.29) is 11.2 Å². The quantitative estimate of drug-likeness (QED) is 0.919. The second-order valence-corrected chi connectivity index (χ2v) is 7.83. The Morgan fingerprint density at radius 2 is 2.10 bits per heavy atom. The zero-order valence-corrected chi connectivity index (χ0v) is 13.2. The number of thioether (sulfide) groups is 1. The van der Waals surface area contributed by atoms with Gasteiger partial charge in [0, 0.05) is 9.77 Å². The van der Waals surface area contributed by atoms with Crippen LogP contribution in [0.4, 0.5) is 5.13 Å². The van der Waals surface area contributed by atoms with Crippen molar-refractivity contribution in [3.63, 3.8) is 0 Å². The summed E-state index contributed by atoms with van der Waals surface area (Å²) in [4.78, 5) is 19.6. The number of anilines is 1. The molecule has 1 aromatic heterocycles. The summed E-state index contributed by atoms with van der Waals surface area (Å²) >= 11 is 3.32. The molecule has 1 aliphatic carbocycles. The van der Waals surface area contributed by atoms with Crippen LogP contribution >= 0.6 is 23.1 Å². The van der Waals surface area contributed by atoms with Crippen molar-refractivity contribution in [3.8, 4) is 0 Å². The summed E-state index contributed by atoms with van der Waals surface area (Å²) in [6.07, 6.45) is 5.46. The maximum absolute atomic E-state index is 12.4. The molecule has 0 unspecified atom stereocenters. The first-order chi connectivity index (χ1) is 10.3. The highest BCUT2D eigenvalue weighted by Crippen LogP contribution is 2.37. The molecule has 3 nitrogen and oxygen atoms in total. The molecule has 1 aliphatic heterocycles. The van der Waals surface area contributed by atoms with Crippen LogP contribution in [0, 0.1) is 0 Å². The van der Waals surface area contributed by atoms with Crippen molar-refractivity contribution in [1.82, 2.24) is 4.98 Å². The number of aromatic nitrogens is 1. The van der Waals surface area contributed by atoms with Crippen molar-refractivity contribution in [2.45, 2.75) is 42.2 Å². The molecule has 1 amide bonds. The average molecular weight is 316 g/mol. The number of hydrogen-bond acceptors (Lipinski definition) is 4. The summed E-state index contributed by atoms with van der Waals surface area (Å²) < 4.78 is 0. The second-order valence-electron chi connectivity index (χ2n) is 5.50. The van der Waals surface area contributed by atoms with Gasteiger partial charge in [0.15, 0.2) is 5.13 Å². The topological polar surface area (TPSA) is 42.0 Å². The van der Waals surface area contributed by atoms with E-state index in [0.717, 1.165) is 24.4 Å². The minimum Gasteiger partial charge on any atom is -0.301 e. The molecule has 1 atom stereocenters. The molecule has 0 bridgehead atoms. The normalized spacial score (nSPS) is 19.9. The van der Waals surface area contributed by atoms with E-state index in [0.29, 0.717) is 0 Å². The number of fused-ring (bicyclic) bond motifs is 2. The van der Waals surface area contributed by atoms with E-state index in [9.17, 15) is 4.79 Å². The number of hydrogen-bond donors (Lipinski definition) is 1. The first-order valence-electron chi connectivity index (χ1n) is 7.33. The Bertz CT molecular complexity index is 647. The van der Waals surface area contributed by atoms with Gasteiger partial charge >= 0.3 is 0 Å². The Morgan fingerprint density at radius 3 is 2.95 bits per heavy atom. The van der Waals surface area contributed by atoms with Crippen LogP contribution in [0.3, 0.4) is 0 Å². The molecule has 2 aliphatic rings. The number of carbonyl (C=O) groups excluding carboxylic acids is 1. The van der Waals surface area contributed by atoms with E-state index in [4.69, 9.17) is 0 Å². The van der Waals surface area contributed by atoms with Crippen LogP contribution in [0.25, 0.3) is 0 Å². The molecule has 1 N–H and O–H groups in total. The van der Waals surface area contributed by atoms with E-state index in [1.54, 1.807) is 23.1 Å². The summed E-state index contributed by atoms with van der Waals surface area (Å²) in [5, 5.41) is 3.78. The first-order valence-corrected chi connectivity index (χ1v) is 9.03. The molecule has 4 rings (SSSR count). The highest BCUT2D eigenvalue weighted by molar-refractivity contribution is 8.01. The standard InChI is InChI=1S/C16H16N2OS2/c19-15(14-9-10-5-1-3-7-12(10)20-14)18-16-17-11-6-2-4-8-13(11)21-16/h1,3,5,7,14H,2,4,6,8-9H2,(H,17,18,19)/t14-/m1/s1. The summed E-state index contributed by atoms with van der Waals surface area (Å²) in [7, 11) is 0. The van der Waals surface area contributed by atoms with Gasteiger partial charge in [-0.05, 0) is 43.7 Å². The lowest BCUT2D eigenvalue weighted by atomic mass is 10.0. The Balaban J connectivity index is 1.46. The van der Waals surface area contributed by atoms with Gasteiger partial charge in [0.2, 0.25) is 5.91 Å². The molecule has 2 heterocycles. The van der Waals surface area contributed by atoms with E-state index >= 15 is 0 Å². The minimum atomic E-state index is -0.0247. The molecular formula is C16H16N2OS2. The van der Waals surface area contributed by atoms with Gasteiger partial charge < -0.3 is 5.32 Å². The van der Waals surface area contributed by atoms with Crippen molar-refractivity contribution < 1.29 is 4.79 Å². The highest BCUT2D eigenvalue weighted by atomic mass is 32.2. The van der Waals surface area contributed by atoms with Crippen LogP contribution < -0.4 is 5.32 Å². The van der Waals surface area contributed by atoms with E-state index < -0.39 is 0 Å². The molecule has 2 aromatic rings. The predicted molar refractivity (Wildman–Crippen MR) is 87.2 cm³/mol. The summed E-state index contributed by atoms with van der Waals surface area (Å²) in [6, 6.07) is 8.27. The number of benzene rings is 1. The van der Waals surface area contributed by atoms with Crippen molar-refractivity contribution in [3.05, 3.63) is 40.4 Å². The Labute approximate surface area is 132 Å². The molecule has 108 valence electrons. The second kappa shape index (κ2) is 5.46. The Morgan fingerprint density at radius 1 is 1.24 bits per heavy atom. The van der Waals surface area contributed by atoms with Crippen LogP contribution in [-0.2, 0) is 24.1 Å². The van der Waals surface area contributed by atoms with Crippen LogP contribution in [0.1, 0.15) is 29.0 Å². The lowest BCUT2D eigenvalue weighted by molar-refractivity contribution is -0.115. The van der Waals surface area contributed by atoms with Crippen molar-refractivity contribution in [1.29, 1.82) is 0 Å². The lowest BCUT2D eigenvalue weighted by Crippen LogP contribution is -2.24. The summed E-state index contributed by atoms with van der Waals surface area (Å²) in [6.45, 7) is 0. The van der Waals surface area contributed by atoms with E-state index in [1.165, 1.54) is 33.9 Å². The van der Waals surface area contributed by atoms with Crippen molar-refractivity contribution >= 4 is 34.1 Å². The highest BCUT2D eigenvalue weighted by Gasteiger charge is 2.28. The van der Waals surface area contributed by atoms with Gasteiger partial charge in [-0.25, -0.2) is 4.98 Å². The van der Waals surface area contributed by atoms with Crippen molar-refractivity contribution in [2.24, 2.45) is 0 Å². The minimum absolute atomic E-state index is 0.0247. The number of amides is 1. The Kier molecular flexibility index (Phi) is 3.47. The molecule has 0 saturated carbocycles. The summed E-state index contributed by atoms with van der Waals surface area (Å²) in [5.74, 6) is 0.0855. The monoisotopic (exact) mass is 316 g/mol. The van der Waals surface area contributed by atoms with Gasteiger partial charge in [-0.1, -0.05) is 18.2 Å². The summed E-state index contributed by atoms with van der Waals surface area (Å²) in [5.41, 5.74) is 2.48. The molecule has 0 radical (unpaired) electrons. The van der Waals surface area contributed by atoms with E-state index in [2.05, 4.69) is 22.4 Å². The third-order valence-corrected chi connectivity index (χ3v) is 6.41. The molecular weight excluding hydrogens is 300 g/mol. The predicted octanol–water partition coefficient (Wildman–Crippen LogP) is 3.68.